The lowest BCUT2D eigenvalue weighted by molar-refractivity contribution is 0.00842. The van der Waals surface area contributed by atoms with Crippen LogP contribution in [0.25, 0.3) is 0 Å². The van der Waals surface area contributed by atoms with E-state index in [9.17, 15) is 24.5 Å². The van der Waals surface area contributed by atoms with Crippen LogP contribution in [-0.2, 0) is 12.0 Å². The molecule has 1 atom stereocenters. The van der Waals surface area contributed by atoms with Gasteiger partial charge in [0, 0.05) is 34.5 Å². The van der Waals surface area contributed by atoms with Crippen LogP contribution in [0.3, 0.4) is 0 Å². The zero-order chi connectivity index (χ0) is 27.2. The standard InChI is InChI=1S/C27H33N3O7/c1-4-6-8-9-17-23(26(32)30-35)19(28)15-20(29-34)25(17)37-22-14-16(36-3)13-18-24(22)21(31)10-12-27(18,33)11-7-5-2/h13-15,33H,4-12,28H2,1-3H3. The Bertz CT molecular complexity index is 1210. The molecule has 0 saturated heterocycles. The Morgan fingerprint density at radius 3 is 2.49 bits per heavy atom. The molecule has 10 heteroatoms. The Kier molecular flexibility index (Phi) is 9.09. The number of hydrogen-bond acceptors (Lipinski definition) is 9. The second-order valence-corrected chi connectivity index (χ2v) is 9.32. The maximum atomic E-state index is 13.1. The number of hydrogen-bond donors (Lipinski definition) is 2. The van der Waals surface area contributed by atoms with Gasteiger partial charge in [-0.15, -0.1) is 9.81 Å². The number of ketones is 1. The van der Waals surface area contributed by atoms with E-state index in [2.05, 4.69) is 10.4 Å². The molecular formula is C27H33N3O7. The number of nitroso groups, excluding NO2 is 2. The van der Waals surface area contributed by atoms with E-state index in [1.807, 2.05) is 13.8 Å². The lowest BCUT2D eigenvalue weighted by Gasteiger charge is -2.35. The fraction of sp³-hybridized carbons (Fsp3) is 0.481. The predicted octanol–water partition coefficient (Wildman–Crippen LogP) is 6.46. The van der Waals surface area contributed by atoms with Crippen LogP contribution < -0.4 is 15.2 Å². The number of fused-ring (bicyclic) bond motifs is 1. The highest BCUT2D eigenvalue weighted by molar-refractivity contribution is 6.04. The van der Waals surface area contributed by atoms with Crippen LogP contribution >= 0.6 is 0 Å². The number of nitrogen functional groups attached to an aromatic ring is 1. The third-order valence-corrected chi connectivity index (χ3v) is 6.83. The molecule has 0 aromatic heterocycles. The number of nitrogens with two attached hydrogens (primary N) is 1. The molecule has 1 unspecified atom stereocenters. The Balaban J connectivity index is 2.27. The summed E-state index contributed by atoms with van der Waals surface area (Å²) in [7, 11) is 1.45. The SMILES string of the molecule is CCCCCc1c(Oc2cc(OC)cc3c2C(=O)CCC3(O)CCCC)c(N=O)cc(N)c1C(=O)N=O. The van der Waals surface area contributed by atoms with Gasteiger partial charge in [0.1, 0.15) is 11.5 Å². The van der Waals surface area contributed by atoms with Gasteiger partial charge in [0.05, 0.1) is 23.8 Å². The summed E-state index contributed by atoms with van der Waals surface area (Å²) in [5.74, 6) is -1.02. The zero-order valence-corrected chi connectivity index (χ0v) is 21.5. The second-order valence-electron chi connectivity index (χ2n) is 9.32. The van der Waals surface area contributed by atoms with Gasteiger partial charge in [-0.25, -0.2) is 0 Å². The summed E-state index contributed by atoms with van der Waals surface area (Å²) < 4.78 is 11.6. The number of benzene rings is 2. The third-order valence-electron chi connectivity index (χ3n) is 6.83. The lowest BCUT2D eigenvalue weighted by Crippen LogP contribution is -2.33. The first-order valence-corrected chi connectivity index (χ1v) is 12.6. The number of amides is 1. The molecule has 198 valence electrons. The number of methoxy groups -OCH3 is 1. The van der Waals surface area contributed by atoms with Crippen LogP contribution in [0.15, 0.2) is 28.6 Å². The molecule has 3 N–H and O–H groups in total. The van der Waals surface area contributed by atoms with Gasteiger partial charge in [0.15, 0.2) is 17.2 Å². The van der Waals surface area contributed by atoms with Crippen molar-refractivity contribution >= 4 is 23.1 Å². The van der Waals surface area contributed by atoms with Crippen molar-refractivity contribution in [3.8, 4) is 17.2 Å². The molecule has 2 aromatic rings. The average Bonchev–Trinajstić information content (AvgIpc) is 2.90. The molecule has 0 bridgehead atoms. The quantitative estimate of drug-likeness (QED) is 0.187. The van der Waals surface area contributed by atoms with Gasteiger partial charge in [0.25, 0.3) is 0 Å². The van der Waals surface area contributed by atoms with Crippen molar-refractivity contribution in [1.82, 2.24) is 0 Å². The van der Waals surface area contributed by atoms with Gasteiger partial charge in [0.2, 0.25) is 0 Å². The Morgan fingerprint density at radius 1 is 1.14 bits per heavy atom. The van der Waals surface area contributed by atoms with Gasteiger partial charge in [-0.2, -0.15) is 0 Å². The van der Waals surface area contributed by atoms with Gasteiger partial charge >= 0.3 is 5.91 Å². The fourth-order valence-electron chi connectivity index (χ4n) is 4.86. The maximum absolute atomic E-state index is 13.1. The fourth-order valence-corrected chi connectivity index (χ4v) is 4.86. The van der Waals surface area contributed by atoms with Gasteiger partial charge < -0.3 is 20.3 Å². The van der Waals surface area contributed by atoms with E-state index in [1.165, 1.54) is 13.2 Å². The van der Waals surface area contributed by atoms with Crippen molar-refractivity contribution in [2.24, 2.45) is 10.4 Å². The summed E-state index contributed by atoms with van der Waals surface area (Å²) >= 11 is 0. The molecule has 1 aliphatic rings. The molecular weight excluding hydrogens is 478 g/mol. The van der Waals surface area contributed by atoms with E-state index in [1.54, 1.807) is 6.07 Å². The molecule has 0 saturated carbocycles. The van der Waals surface area contributed by atoms with Crippen LogP contribution in [0, 0.1) is 9.81 Å². The first-order chi connectivity index (χ1) is 17.7. The summed E-state index contributed by atoms with van der Waals surface area (Å²) in [4.78, 5) is 48.6. The number of anilines is 1. The Labute approximate surface area is 215 Å². The predicted molar refractivity (Wildman–Crippen MR) is 140 cm³/mol. The number of ether oxygens (including phenoxy) is 2. The molecule has 3 rings (SSSR count). The van der Waals surface area contributed by atoms with Crippen molar-refractivity contribution < 1.29 is 24.2 Å². The molecule has 0 heterocycles. The van der Waals surface area contributed by atoms with Crippen molar-refractivity contribution in [3.05, 3.63) is 50.3 Å². The van der Waals surface area contributed by atoms with E-state index in [-0.39, 0.29) is 64.6 Å². The highest BCUT2D eigenvalue weighted by Gasteiger charge is 2.40. The second kappa shape index (κ2) is 12.1. The van der Waals surface area contributed by atoms with Crippen molar-refractivity contribution in [2.45, 2.75) is 77.2 Å². The number of nitrogens with zero attached hydrogens (tertiary/aromatic N) is 2. The number of carbonyl (C=O) groups excluding carboxylic acids is 2. The molecule has 1 aliphatic carbocycles. The molecule has 0 aliphatic heterocycles. The van der Waals surface area contributed by atoms with Crippen molar-refractivity contribution in [1.29, 1.82) is 0 Å². The normalized spacial score (nSPS) is 16.7. The molecule has 2 aromatic carbocycles. The lowest BCUT2D eigenvalue weighted by atomic mass is 9.75. The summed E-state index contributed by atoms with van der Waals surface area (Å²) in [5.41, 5.74) is 5.09. The molecule has 0 fully saturated rings. The topological polar surface area (TPSA) is 158 Å². The smallest absolute Gasteiger partial charge is 0.319 e. The number of aliphatic hydroxyl groups is 1. The number of rotatable bonds is 12. The van der Waals surface area contributed by atoms with Crippen LogP contribution in [0.4, 0.5) is 11.4 Å². The van der Waals surface area contributed by atoms with Gasteiger partial charge in [-0.05, 0) is 43.0 Å². The van der Waals surface area contributed by atoms with Crippen molar-refractivity contribution in [2.75, 3.05) is 12.8 Å². The molecule has 1 amide bonds. The highest BCUT2D eigenvalue weighted by Crippen LogP contribution is 2.48. The molecule has 37 heavy (non-hydrogen) atoms. The Morgan fingerprint density at radius 2 is 1.86 bits per heavy atom. The van der Waals surface area contributed by atoms with Gasteiger partial charge in [-0.3, -0.25) is 9.59 Å². The summed E-state index contributed by atoms with van der Waals surface area (Å²) in [6, 6.07) is 4.27. The number of unbranched alkanes of at least 4 members (excludes halogenated alkanes) is 3. The Hall–Kier alpha value is -3.66. The average molecular weight is 512 g/mol. The third kappa shape index (κ3) is 5.69. The summed E-state index contributed by atoms with van der Waals surface area (Å²) in [6.45, 7) is 4.02. The minimum atomic E-state index is -1.26. The number of carbonyl (C=O) groups is 2. The highest BCUT2D eigenvalue weighted by atomic mass is 16.5. The minimum Gasteiger partial charge on any atom is -0.497 e. The number of Topliss-reactive ketones (excluding diaryl/α,β-unsaturated/α-hetero) is 1. The van der Waals surface area contributed by atoms with Crippen LogP contribution in [0.1, 0.15) is 97.1 Å². The van der Waals surface area contributed by atoms with E-state index >= 15 is 0 Å². The molecule has 0 radical (unpaired) electrons. The van der Waals surface area contributed by atoms with Crippen molar-refractivity contribution in [3.63, 3.8) is 0 Å². The van der Waals surface area contributed by atoms with Gasteiger partial charge in [-0.1, -0.05) is 39.5 Å². The van der Waals surface area contributed by atoms with Crippen LogP contribution in [0.5, 0.6) is 17.2 Å². The van der Waals surface area contributed by atoms with Crippen LogP contribution in [0.2, 0.25) is 0 Å². The minimum absolute atomic E-state index is 0.0536. The maximum Gasteiger partial charge on any atom is 0.319 e. The van der Waals surface area contributed by atoms with E-state index in [0.29, 0.717) is 24.2 Å². The first kappa shape index (κ1) is 27.9. The van der Waals surface area contributed by atoms with E-state index in [4.69, 9.17) is 15.2 Å². The first-order valence-electron chi connectivity index (χ1n) is 12.6. The molecule has 0 spiro atoms. The molecule has 10 nitrogen and oxygen atoms in total. The summed E-state index contributed by atoms with van der Waals surface area (Å²) in [5, 5.41) is 17.1. The van der Waals surface area contributed by atoms with E-state index in [0.717, 1.165) is 31.7 Å². The van der Waals surface area contributed by atoms with Crippen LogP contribution in [-0.4, -0.2) is 23.9 Å². The van der Waals surface area contributed by atoms with E-state index < -0.39 is 11.5 Å². The largest absolute Gasteiger partial charge is 0.497 e. The monoisotopic (exact) mass is 511 g/mol. The summed E-state index contributed by atoms with van der Waals surface area (Å²) in [6.07, 6.45) is 4.98. The zero-order valence-electron chi connectivity index (χ0n) is 21.5.